The standard InChI is InChI=1S/C23H28N4O5/c1-15-18(22(28)26-9-11-32-12-10-26)14-24-21(25-15)19-5-4-8-27(19)23(29)17-7-6-16(30-2)13-20(17)31-3/h6-7,13-14,19H,4-5,8-12H2,1-3H3. The lowest BCUT2D eigenvalue weighted by Gasteiger charge is -2.28. The zero-order chi connectivity index (χ0) is 22.7. The highest BCUT2D eigenvalue weighted by molar-refractivity contribution is 5.97. The first-order valence-electron chi connectivity index (χ1n) is 10.8. The third-order valence-corrected chi connectivity index (χ3v) is 5.98. The quantitative estimate of drug-likeness (QED) is 0.704. The molecule has 32 heavy (non-hydrogen) atoms. The fraction of sp³-hybridized carbons (Fsp3) is 0.478. The first-order chi connectivity index (χ1) is 15.5. The number of nitrogens with zero attached hydrogens (tertiary/aromatic N) is 4. The number of hydrogen-bond acceptors (Lipinski definition) is 7. The van der Waals surface area contributed by atoms with Crippen LogP contribution in [0.2, 0.25) is 0 Å². The summed E-state index contributed by atoms with van der Waals surface area (Å²) < 4.78 is 16.0. The number of aryl methyl sites for hydroxylation is 1. The van der Waals surface area contributed by atoms with Crippen molar-refractivity contribution >= 4 is 11.8 Å². The molecule has 170 valence electrons. The number of likely N-dealkylation sites (tertiary alicyclic amines) is 1. The van der Waals surface area contributed by atoms with Gasteiger partial charge in [-0.3, -0.25) is 9.59 Å². The van der Waals surface area contributed by atoms with Crippen LogP contribution in [0.5, 0.6) is 11.5 Å². The maximum Gasteiger partial charge on any atom is 0.258 e. The van der Waals surface area contributed by atoms with Gasteiger partial charge < -0.3 is 24.0 Å². The number of ether oxygens (including phenoxy) is 3. The molecule has 2 fully saturated rings. The molecule has 2 aliphatic rings. The molecule has 0 saturated carbocycles. The molecular weight excluding hydrogens is 412 g/mol. The van der Waals surface area contributed by atoms with Gasteiger partial charge in [-0.25, -0.2) is 9.97 Å². The summed E-state index contributed by atoms with van der Waals surface area (Å²) in [4.78, 5) is 38.9. The zero-order valence-electron chi connectivity index (χ0n) is 18.7. The minimum atomic E-state index is -0.249. The lowest BCUT2D eigenvalue weighted by atomic mass is 10.1. The van der Waals surface area contributed by atoms with Gasteiger partial charge in [0.25, 0.3) is 11.8 Å². The van der Waals surface area contributed by atoms with Crippen LogP contribution < -0.4 is 9.47 Å². The van der Waals surface area contributed by atoms with E-state index in [1.54, 1.807) is 41.3 Å². The molecule has 0 radical (unpaired) electrons. The van der Waals surface area contributed by atoms with Crippen molar-refractivity contribution in [1.82, 2.24) is 19.8 Å². The van der Waals surface area contributed by atoms with Gasteiger partial charge in [0.05, 0.1) is 50.3 Å². The Kier molecular flexibility index (Phi) is 6.55. The third kappa shape index (κ3) is 4.25. The molecule has 9 heteroatoms. The van der Waals surface area contributed by atoms with Crippen LogP contribution in [0.25, 0.3) is 0 Å². The van der Waals surface area contributed by atoms with E-state index >= 15 is 0 Å². The molecule has 2 amide bonds. The number of carbonyl (C=O) groups excluding carboxylic acids is 2. The Bertz CT molecular complexity index is 1010. The average molecular weight is 441 g/mol. The van der Waals surface area contributed by atoms with Gasteiger partial charge in [0.2, 0.25) is 0 Å². The molecule has 0 bridgehead atoms. The molecule has 2 saturated heterocycles. The minimum absolute atomic E-state index is 0.0836. The summed E-state index contributed by atoms with van der Waals surface area (Å²) in [5, 5.41) is 0. The Balaban J connectivity index is 1.56. The molecule has 3 heterocycles. The maximum absolute atomic E-state index is 13.4. The summed E-state index contributed by atoms with van der Waals surface area (Å²) in [6, 6.07) is 4.91. The third-order valence-electron chi connectivity index (χ3n) is 5.98. The van der Waals surface area contributed by atoms with Crippen molar-refractivity contribution < 1.29 is 23.8 Å². The Morgan fingerprint density at radius 1 is 1.06 bits per heavy atom. The lowest BCUT2D eigenvalue weighted by Crippen LogP contribution is -2.41. The maximum atomic E-state index is 13.4. The van der Waals surface area contributed by atoms with E-state index in [9.17, 15) is 9.59 Å². The van der Waals surface area contributed by atoms with Crippen LogP contribution in [0, 0.1) is 6.92 Å². The first kappa shape index (κ1) is 22.0. The Hall–Kier alpha value is -3.20. The van der Waals surface area contributed by atoms with E-state index < -0.39 is 0 Å². The van der Waals surface area contributed by atoms with E-state index in [1.807, 2.05) is 6.92 Å². The van der Waals surface area contributed by atoms with Crippen molar-refractivity contribution in [3.05, 3.63) is 47.0 Å². The lowest BCUT2D eigenvalue weighted by molar-refractivity contribution is 0.0301. The summed E-state index contributed by atoms with van der Waals surface area (Å²) in [5.41, 5.74) is 1.58. The van der Waals surface area contributed by atoms with Crippen molar-refractivity contribution in [1.29, 1.82) is 0 Å². The highest BCUT2D eigenvalue weighted by Gasteiger charge is 2.34. The van der Waals surface area contributed by atoms with E-state index in [0.29, 0.717) is 67.0 Å². The number of aromatic nitrogens is 2. The van der Waals surface area contributed by atoms with Crippen LogP contribution in [0.4, 0.5) is 0 Å². The van der Waals surface area contributed by atoms with Gasteiger partial charge in [0, 0.05) is 31.9 Å². The molecule has 9 nitrogen and oxygen atoms in total. The number of methoxy groups -OCH3 is 2. The zero-order valence-corrected chi connectivity index (χ0v) is 18.7. The van der Waals surface area contributed by atoms with Crippen molar-refractivity contribution in [2.75, 3.05) is 47.1 Å². The molecule has 4 rings (SSSR count). The van der Waals surface area contributed by atoms with Crippen LogP contribution in [-0.4, -0.2) is 78.6 Å². The van der Waals surface area contributed by atoms with Gasteiger partial charge in [-0.05, 0) is 31.9 Å². The normalized spacial score (nSPS) is 18.5. The Labute approximate surface area is 187 Å². The fourth-order valence-electron chi connectivity index (χ4n) is 4.20. The topological polar surface area (TPSA) is 94.1 Å². The van der Waals surface area contributed by atoms with E-state index in [4.69, 9.17) is 14.2 Å². The number of amides is 2. The van der Waals surface area contributed by atoms with Crippen LogP contribution >= 0.6 is 0 Å². The van der Waals surface area contributed by atoms with Crippen LogP contribution in [-0.2, 0) is 4.74 Å². The fourth-order valence-corrected chi connectivity index (χ4v) is 4.20. The molecule has 2 aliphatic heterocycles. The largest absolute Gasteiger partial charge is 0.497 e. The van der Waals surface area contributed by atoms with Crippen molar-refractivity contribution in [2.24, 2.45) is 0 Å². The van der Waals surface area contributed by atoms with Gasteiger partial charge in [-0.1, -0.05) is 0 Å². The summed E-state index contributed by atoms with van der Waals surface area (Å²) in [6.07, 6.45) is 3.20. The SMILES string of the molecule is COc1ccc(C(=O)N2CCCC2c2ncc(C(=O)N3CCOCC3)c(C)n2)c(OC)c1. The number of carbonyl (C=O) groups is 2. The Morgan fingerprint density at radius 3 is 2.53 bits per heavy atom. The van der Waals surface area contributed by atoms with Crippen molar-refractivity contribution in [3.8, 4) is 11.5 Å². The molecule has 1 aromatic heterocycles. The smallest absolute Gasteiger partial charge is 0.258 e. The Morgan fingerprint density at radius 2 is 1.84 bits per heavy atom. The molecule has 0 aliphatic carbocycles. The van der Waals surface area contributed by atoms with Crippen molar-refractivity contribution in [3.63, 3.8) is 0 Å². The van der Waals surface area contributed by atoms with E-state index in [-0.39, 0.29) is 17.9 Å². The van der Waals surface area contributed by atoms with Gasteiger partial charge in [0.1, 0.15) is 11.5 Å². The second kappa shape index (κ2) is 9.52. The number of morpholine rings is 1. The molecule has 1 aromatic carbocycles. The second-order valence-corrected chi connectivity index (χ2v) is 7.85. The van der Waals surface area contributed by atoms with E-state index in [1.165, 1.54) is 7.11 Å². The molecule has 1 unspecified atom stereocenters. The van der Waals surface area contributed by atoms with Crippen LogP contribution in [0.15, 0.2) is 24.4 Å². The van der Waals surface area contributed by atoms with Gasteiger partial charge in [-0.15, -0.1) is 0 Å². The molecule has 1 atom stereocenters. The second-order valence-electron chi connectivity index (χ2n) is 7.85. The minimum Gasteiger partial charge on any atom is -0.497 e. The molecular formula is C23H28N4O5. The van der Waals surface area contributed by atoms with Gasteiger partial charge >= 0.3 is 0 Å². The summed E-state index contributed by atoms with van der Waals surface area (Å²) in [7, 11) is 3.10. The van der Waals surface area contributed by atoms with Crippen LogP contribution in [0.1, 0.15) is 51.1 Å². The number of hydrogen-bond donors (Lipinski definition) is 0. The highest BCUT2D eigenvalue weighted by atomic mass is 16.5. The highest BCUT2D eigenvalue weighted by Crippen LogP contribution is 2.34. The number of rotatable bonds is 5. The molecule has 0 N–H and O–H groups in total. The number of benzene rings is 1. The molecule has 0 spiro atoms. The first-order valence-corrected chi connectivity index (χ1v) is 10.8. The van der Waals surface area contributed by atoms with Gasteiger partial charge in [0.15, 0.2) is 5.82 Å². The monoisotopic (exact) mass is 440 g/mol. The predicted octanol–water partition coefficient (Wildman–Crippen LogP) is 2.25. The molecule has 2 aromatic rings. The average Bonchev–Trinajstić information content (AvgIpc) is 3.33. The summed E-state index contributed by atoms with van der Waals surface area (Å²) in [5.74, 6) is 1.42. The van der Waals surface area contributed by atoms with E-state index in [2.05, 4.69) is 9.97 Å². The van der Waals surface area contributed by atoms with Crippen molar-refractivity contribution in [2.45, 2.75) is 25.8 Å². The predicted molar refractivity (Wildman–Crippen MR) is 116 cm³/mol. The van der Waals surface area contributed by atoms with Crippen LogP contribution in [0.3, 0.4) is 0 Å². The summed E-state index contributed by atoms with van der Waals surface area (Å²) in [6.45, 7) is 4.63. The van der Waals surface area contributed by atoms with Gasteiger partial charge in [-0.2, -0.15) is 0 Å². The van der Waals surface area contributed by atoms with E-state index in [0.717, 1.165) is 12.8 Å². The summed E-state index contributed by atoms with van der Waals surface area (Å²) >= 11 is 0.